The summed E-state index contributed by atoms with van der Waals surface area (Å²) in [7, 11) is 0. The number of hydrogen-bond donors (Lipinski definition) is 0. The SMILES string of the molecule is Cc1cccc2c1nc(C(C)Cl)n2CCC(F)(F)F. The Morgan fingerprint density at radius 3 is 2.63 bits per heavy atom. The van der Waals surface area contributed by atoms with Crippen LogP contribution in [0.15, 0.2) is 18.2 Å². The summed E-state index contributed by atoms with van der Waals surface area (Å²) in [6, 6.07) is 5.46. The molecule has 104 valence electrons. The highest BCUT2D eigenvalue weighted by atomic mass is 35.5. The van der Waals surface area contributed by atoms with Crippen molar-refractivity contribution in [3.05, 3.63) is 29.6 Å². The standard InChI is InChI=1S/C13H14ClF3N2/c1-8-4-3-5-10-11(8)18-12(9(2)14)19(10)7-6-13(15,16)17/h3-5,9H,6-7H2,1-2H3. The monoisotopic (exact) mass is 290 g/mol. The molecule has 0 aliphatic rings. The number of nitrogens with zero attached hydrogens (tertiary/aromatic N) is 2. The lowest BCUT2D eigenvalue weighted by atomic mass is 10.2. The number of aromatic nitrogens is 2. The molecule has 0 fully saturated rings. The molecule has 1 aromatic heterocycles. The second-order valence-corrected chi connectivity index (χ2v) is 5.20. The molecule has 1 atom stereocenters. The lowest BCUT2D eigenvalue weighted by Gasteiger charge is -2.12. The first-order chi connectivity index (χ1) is 8.79. The molecule has 0 bridgehead atoms. The molecule has 2 rings (SSSR count). The molecule has 1 unspecified atom stereocenters. The van der Waals surface area contributed by atoms with Crippen LogP contribution in [0, 0.1) is 6.92 Å². The maximum atomic E-state index is 12.4. The fourth-order valence-electron chi connectivity index (χ4n) is 2.08. The second-order valence-electron chi connectivity index (χ2n) is 4.55. The molecular formula is C13H14ClF3N2. The van der Waals surface area contributed by atoms with Crippen LogP contribution in [0.4, 0.5) is 13.2 Å². The molecule has 1 aromatic carbocycles. The number of rotatable bonds is 3. The molecule has 0 saturated heterocycles. The van der Waals surface area contributed by atoms with Gasteiger partial charge >= 0.3 is 6.18 Å². The molecular weight excluding hydrogens is 277 g/mol. The molecule has 19 heavy (non-hydrogen) atoms. The number of halogens is 4. The first-order valence-electron chi connectivity index (χ1n) is 5.96. The molecule has 1 heterocycles. The summed E-state index contributed by atoms with van der Waals surface area (Å²) in [6.45, 7) is 3.43. The van der Waals surface area contributed by atoms with Crippen molar-refractivity contribution in [1.82, 2.24) is 9.55 Å². The van der Waals surface area contributed by atoms with Crippen molar-refractivity contribution in [3.63, 3.8) is 0 Å². The van der Waals surface area contributed by atoms with E-state index < -0.39 is 18.0 Å². The van der Waals surface area contributed by atoms with Gasteiger partial charge in [-0.25, -0.2) is 4.98 Å². The summed E-state index contributed by atoms with van der Waals surface area (Å²) >= 11 is 6.02. The van der Waals surface area contributed by atoms with Gasteiger partial charge in [0.1, 0.15) is 5.82 Å². The largest absolute Gasteiger partial charge is 0.390 e. The molecule has 2 nitrogen and oxygen atoms in total. The second kappa shape index (κ2) is 5.04. The van der Waals surface area contributed by atoms with E-state index in [1.807, 2.05) is 19.1 Å². The van der Waals surface area contributed by atoms with Crippen LogP contribution in [0.25, 0.3) is 11.0 Å². The maximum Gasteiger partial charge on any atom is 0.390 e. The summed E-state index contributed by atoms with van der Waals surface area (Å²) in [6.07, 6.45) is -5.07. The summed E-state index contributed by atoms with van der Waals surface area (Å²) in [4.78, 5) is 4.38. The van der Waals surface area contributed by atoms with E-state index in [-0.39, 0.29) is 6.54 Å². The van der Waals surface area contributed by atoms with Gasteiger partial charge in [0.25, 0.3) is 0 Å². The number of hydrogen-bond acceptors (Lipinski definition) is 1. The Morgan fingerprint density at radius 1 is 1.37 bits per heavy atom. The van der Waals surface area contributed by atoms with Gasteiger partial charge in [0, 0.05) is 6.54 Å². The topological polar surface area (TPSA) is 17.8 Å². The van der Waals surface area contributed by atoms with Gasteiger partial charge in [-0.3, -0.25) is 0 Å². The van der Waals surface area contributed by atoms with Crippen LogP contribution in [-0.2, 0) is 6.54 Å². The lowest BCUT2D eigenvalue weighted by Crippen LogP contribution is -2.14. The molecule has 6 heteroatoms. The Bertz CT molecular complexity index is 587. The first kappa shape index (κ1) is 14.2. The van der Waals surface area contributed by atoms with Gasteiger partial charge in [-0.05, 0) is 25.5 Å². The molecule has 0 spiro atoms. The number of alkyl halides is 4. The fraction of sp³-hybridized carbons (Fsp3) is 0.462. The predicted molar refractivity (Wildman–Crippen MR) is 69.4 cm³/mol. The van der Waals surface area contributed by atoms with Crippen LogP contribution in [0.2, 0.25) is 0 Å². The Balaban J connectivity index is 2.50. The average Bonchev–Trinajstić information content (AvgIpc) is 2.66. The minimum absolute atomic E-state index is 0.157. The van der Waals surface area contributed by atoms with Crippen molar-refractivity contribution in [2.75, 3.05) is 0 Å². The number of aryl methyl sites for hydroxylation is 2. The Morgan fingerprint density at radius 2 is 2.05 bits per heavy atom. The Kier molecular flexibility index (Phi) is 3.76. The van der Waals surface area contributed by atoms with Crippen LogP contribution >= 0.6 is 11.6 Å². The summed E-state index contributed by atoms with van der Waals surface area (Å²) in [5, 5.41) is -0.431. The van der Waals surface area contributed by atoms with E-state index in [0.29, 0.717) is 16.9 Å². The first-order valence-corrected chi connectivity index (χ1v) is 6.40. The van der Waals surface area contributed by atoms with Crippen molar-refractivity contribution in [2.45, 2.75) is 38.4 Å². The fourth-order valence-corrected chi connectivity index (χ4v) is 2.25. The van der Waals surface area contributed by atoms with Gasteiger partial charge in [-0.2, -0.15) is 13.2 Å². The van der Waals surface area contributed by atoms with E-state index in [0.717, 1.165) is 5.56 Å². The van der Waals surface area contributed by atoms with E-state index in [2.05, 4.69) is 4.98 Å². The zero-order valence-electron chi connectivity index (χ0n) is 10.6. The third kappa shape index (κ3) is 3.03. The highest BCUT2D eigenvalue weighted by molar-refractivity contribution is 6.20. The normalized spacial score (nSPS) is 14.0. The summed E-state index contributed by atoms with van der Waals surface area (Å²) in [5.74, 6) is 0.482. The minimum Gasteiger partial charge on any atom is -0.326 e. The van der Waals surface area contributed by atoms with Gasteiger partial charge in [-0.1, -0.05) is 12.1 Å². The molecule has 0 aliphatic carbocycles. The molecule has 0 N–H and O–H groups in total. The van der Waals surface area contributed by atoms with Gasteiger partial charge in [0.2, 0.25) is 0 Å². The van der Waals surface area contributed by atoms with Crippen molar-refractivity contribution >= 4 is 22.6 Å². The lowest BCUT2D eigenvalue weighted by molar-refractivity contribution is -0.136. The molecule has 0 amide bonds. The molecule has 0 radical (unpaired) electrons. The highest BCUT2D eigenvalue weighted by Crippen LogP contribution is 2.28. The maximum absolute atomic E-state index is 12.4. The van der Waals surface area contributed by atoms with Crippen LogP contribution in [-0.4, -0.2) is 15.7 Å². The molecule has 0 saturated carbocycles. The Hall–Kier alpha value is -1.23. The van der Waals surface area contributed by atoms with E-state index >= 15 is 0 Å². The van der Waals surface area contributed by atoms with Gasteiger partial charge in [-0.15, -0.1) is 11.6 Å². The van der Waals surface area contributed by atoms with Crippen LogP contribution in [0.1, 0.15) is 30.1 Å². The van der Waals surface area contributed by atoms with Gasteiger partial charge in [0.05, 0.1) is 22.8 Å². The smallest absolute Gasteiger partial charge is 0.326 e. The van der Waals surface area contributed by atoms with Crippen molar-refractivity contribution in [2.24, 2.45) is 0 Å². The van der Waals surface area contributed by atoms with Gasteiger partial charge in [0.15, 0.2) is 0 Å². The van der Waals surface area contributed by atoms with Crippen LogP contribution < -0.4 is 0 Å². The third-order valence-corrected chi connectivity index (χ3v) is 3.18. The highest BCUT2D eigenvalue weighted by Gasteiger charge is 2.28. The van der Waals surface area contributed by atoms with E-state index in [1.165, 1.54) is 0 Å². The third-order valence-electron chi connectivity index (χ3n) is 2.98. The number of fused-ring (bicyclic) bond motifs is 1. The van der Waals surface area contributed by atoms with Gasteiger partial charge < -0.3 is 4.57 Å². The summed E-state index contributed by atoms with van der Waals surface area (Å²) < 4.78 is 38.7. The molecule has 2 aromatic rings. The predicted octanol–water partition coefficient (Wildman–Crippen LogP) is 4.60. The minimum atomic E-state index is -4.19. The van der Waals surface area contributed by atoms with E-state index in [4.69, 9.17) is 11.6 Å². The van der Waals surface area contributed by atoms with Crippen LogP contribution in [0.3, 0.4) is 0 Å². The zero-order valence-corrected chi connectivity index (χ0v) is 11.4. The zero-order chi connectivity index (χ0) is 14.2. The van der Waals surface area contributed by atoms with Crippen molar-refractivity contribution < 1.29 is 13.2 Å². The quantitative estimate of drug-likeness (QED) is 0.756. The number of benzene rings is 1. The van der Waals surface area contributed by atoms with Crippen molar-refractivity contribution in [3.8, 4) is 0 Å². The van der Waals surface area contributed by atoms with E-state index in [9.17, 15) is 13.2 Å². The Labute approximate surface area is 114 Å². The number of imidazole rings is 1. The average molecular weight is 291 g/mol. The molecule has 0 aliphatic heterocycles. The summed E-state index contributed by atoms with van der Waals surface area (Å²) in [5.41, 5.74) is 2.35. The van der Waals surface area contributed by atoms with E-state index in [1.54, 1.807) is 17.6 Å². The number of para-hydroxylation sites is 1. The van der Waals surface area contributed by atoms with Crippen molar-refractivity contribution in [1.29, 1.82) is 0 Å². The van der Waals surface area contributed by atoms with Crippen LogP contribution in [0.5, 0.6) is 0 Å².